The van der Waals surface area contributed by atoms with E-state index in [2.05, 4.69) is 142 Å². The number of carbonyl (C=O) groups is 3. The molecule has 354 valence electrons. The highest BCUT2D eigenvalue weighted by molar-refractivity contribution is 5.71. The number of unbranched alkanes of at least 4 members (excludes halogenated alkanes) is 12. The van der Waals surface area contributed by atoms with E-state index in [-0.39, 0.29) is 44.0 Å². The summed E-state index contributed by atoms with van der Waals surface area (Å²) < 4.78 is 16.7. The predicted molar refractivity (Wildman–Crippen MR) is 269 cm³/mol. The van der Waals surface area contributed by atoms with Crippen molar-refractivity contribution in [1.29, 1.82) is 0 Å². The van der Waals surface area contributed by atoms with E-state index in [1.807, 2.05) is 0 Å². The number of hydrogen-bond acceptors (Lipinski definition) is 6. The predicted octanol–water partition coefficient (Wildman–Crippen LogP) is 16.5. The van der Waals surface area contributed by atoms with Gasteiger partial charge in [0.05, 0.1) is 0 Å². The first-order valence-electron chi connectivity index (χ1n) is 25.0. The topological polar surface area (TPSA) is 78.9 Å². The summed E-state index contributed by atoms with van der Waals surface area (Å²) in [6.07, 6.45) is 69.1. The second-order valence-corrected chi connectivity index (χ2v) is 16.0. The van der Waals surface area contributed by atoms with Crippen LogP contribution in [-0.4, -0.2) is 37.2 Å². The molecule has 63 heavy (non-hydrogen) atoms. The van der Waals surface area contributed by atoms with Gasteiger partial charge in [-0.05, 0) is 96.3 Å². The molecule has 0 radical (unpaired) electrons. The molecule has 0 aliphatic heterocycles. The van der Waals surface area contributed by atoms with Crippen molar-refractivity contribution in [3.8, 4) is 0 Å². The minimum absolute atomic E-state index is 0.120. The van der Waals surface area contributed by atoms with Crippen molar-refractivity contribution < 1.29 is 28.6 Å². The zero-order valence-corrected chi connectivity index (χ0v) is 40.3. The molecule has 6 nitrogen and oxygen atoms in total. The van der Waals surface area contributed by atoms with E-state index in [0.717, 1.165) is 96.3 Å². The summed E-state index contributed by atoms with van der Waals surface area (Å²) in [7, 11) is 0. The quantitative estimate of drug-likeness (QED) is 0.0263. The number of allylic oxidation sites excluding steroid dienone is 20. The van der Waals surface area contributed by atoms with E-state index in [1.165, 1.54) is 51.4 Å². The van der Waals surface area contributed by atoms with Crippen LogP contribution in [0.15, 0.2) is 122 Å². The summed E-state index contributed by atoms with van der Waals surface area (Å²) in [4.78, 5) is 37.9. The molecule has 6 heteroatoms. The molecular weight excluding hydrogens is 781 g/mol. The van der Waals surface area contributed by atoms with E-state index in [1.54, 1.807) is 0 Å². The molecule has 0 N–H and O–H groups in total. The van der Waals surface area contributed by atoms with Crippen LogP contribution in [0.1, 0.15) is 201 Å². The standard InChI is InChI=1S/C57H90O6/c1-4-7-10-13-16-19-22-24-26-28-30-32-35-38-41-44-47-50-56(59)62-53-54(52-61-55(58)49-46-43-40-37-34-21-18-15-12-9-6-3)63-57(60)51-48-45-42-39-36-33-31-29-27-25-23-20-17-14-11-8-5-2/h7-8,10-11,16-17,19-20,24-27,30-33,38-39,41-42,54H,4-6,9,12-15,18,21-23,28-29,34-37,40,43-53H2,1-3H3/b10-7-,11-8-,19-16-,20-17-,26-24-,27-25-,32-30-,33-31-,41-38-,42-39-/t54-/m0/s1. The maximum absolute atomic E-state index is 12.8. The van der Waals surface area contributed by atoms with Crippen molar-refractivity contribution >= 4 is 17.9 Å². The lowest BCUT2D eigenvalue weighted by molar-refractivity contribution is -0.167. The molecule has 0 spiro atoms. The van der Waals surface area contributed by atoms with Gasteiger partial charge in [0.1, 0.15) is 13.2 Å². The lowest BCUT2D eigenvalue weighted by Crippen LogP contribution is -2.30. The van der Waals surface area contributed by atoms with Crippen LogP contribution in [-0.2, 0) is 28.6 Å². The van der Waals surface area contributed by atoms with E-state index in [9.17, 15) is 14.4 Å². The van der Waals surface area contributed by atoms with Gasteiger partial charge >= 0.3 is 17.9 Å². The Bertz CT molecular complexity index is 1370. The van der Waals surface area contributed by atoms with Gasteiger partial charge in [-0.3, -0.25) is 14.4 Å². The Morgan fingerprint density at radius 2 is 0.619 bits per heavy atom. The van der Waals surface area contributed by atoms with E-state index in [4.69, 9.17) is 14.2 Å². The van der Waals surface area contributed by atoms with Crippen molar-refractivity contribution in [1.82, 2.24) is 0 Å². The molecule has 0 aliphatic carbocycles. The first-order valence-corrected chi connectivity index (χ1v) is 25.0. The molecule has 0 saturated carbocycles. The van der Waals surface area contributed by atoms with Gasteiger partial charge in [-0.2, -0.15) is 0 Å². The smallest absolute Gasteiger partial charge is 0.306 e. The van der Waals surface area contributed by atoms with Crippen LogP contribution < -0.4 is 0 Å². The molecule has 0 aromatic heterocycles. The van der Waals surface area contributed by atoms with Gasteiger partial charge in [-0.15, -0.1) is 0 Å². The van der Waals surface area contributed by atoms with Gasteiger partial charge in [0.25, 0.3) is 0 Å². The van der Waals surface area contributed by atoms with Crippen LogP contribution in [0.3, 0.4) is 0 Å². The van der Waals surface area contributed by atoms with Crippen LogP contribution in [0, 0.1) is 0 Å². The molecule has 1 atom stereocenters. The van der Waals surface area contributed by atoms with E-state index in [0.29, 0.717) is 19.3 Å². The number of hydrogen-bond donors (Lipinski definition) is 0. The number of ether oxygens (including phenoxy) is 3. The SMILES string of the molecule is CC/C=C\C/C=C\C/C=C\C/C=C\C/C=C\CCCC(=O)OC[C@H](COC(=O)CCCCCCCCCCCCC)OC(=O)CCC/C=C\C/C=C\C/C=C\C/C=C\C/C=C\CC. The third-order valence-corrected chi connectivity index (χ3v) is 9.96. The molecule has 0 heterocycles. The highest BCUT2D eigenvalue weighted by Crippen LogP contribution is 2.13. The second kappa shape index (κ2) is 50.5. The minimum Gasteiger partial charge on any atom is -0.462 e. The zero-order valence-electron chi connectivity index (χ0n) is 40.3. The summed E-state index contributed by atoms with van der Waals surface area (Å²) in [5.74, 6) is -1.05. The maximum Gasteiger partial charge on any atom is 0.306 e. The Labute approximate surface area is 386 Å². The summed E-state index contributed by atoms with van der Waals surface area (Å²) in [6, 6.07) is 0. The lowest BCUT2D eigenvalue weighted by atomic mass is 10.1. The minimum atomic E-state index is -0.831. The monoisotopic (exact) mass is 871 g/mol. The van der Waals surface area contributed by atoms with Crippen molar-refractivity contribution in [2.45, 2.75) is 207 Å². The van der Waals surface area contributed by atoms with Gasteiger partial charge in [0.2, 0.25) is 0 Å². The summed E-state index contributed by atoms with van der Waals surface area (Å²) >= 11 is 0. The molecule has 0 fully saturated rings. The third kappa shape index (κ3) is 48.7. The van der Waals surface area contributed by atoms with Crippen LogP contribution >= 0.6 is 0 Å². The highest BCUT2D eigenvalue weighted by Gasteiger charge is 2.19. The largest absolute Gasteiger partial charge is 0.462 e. The molecule has 0 saturated heterocycles. The van der Waals surface area contributed by atoms with Gasteiger partial charge in [0.15, 0.2) is 6.10 Å². The summed E-state index contributed by atoms with van der Waals surface area (Å²) in [5, 5.41) is 0. The Morgan fingerprint density at radius 3 is 0.968 bits per heavy atom. The lowest BCUT2D eigenvalue weighted by Gasteiger charge is -2.18. The number of carbonyl (C=O) groups excluding carboxylic acids is 3. The molecule has 0 aromatic carbocycles. The van der Waals surface area contributed by atoms with E-state index >= 15 is 0 Å². The zero-order chi connectivity index (χ0) is 45.8. The molecule has 0 amide bonds. The first-order chi connectivity index (χ1) is 31.0. The first kappa shape index (κ1) is 58.8. The van der Waals surface area contributed by atoms with Crippen molar-refractivity contribution in [3.63, 3.8) is 0 Å². The Hall–Kier alpha value is -4.19. The number of rotatable bonds is 43. The van der Waals surface area contributed by atoms with Crippen molar-refractivity contribution in [2.24, 2.45) is 0 Å². The second-order valence-electron chi connectivity index (χ2n) is 16.0. The molecule has 0 aliphatic rings. The van der Waals surface area contributed by atoms with Crippen LogP contribution in [0.5, 0.6) is 0 Å². The van der Waals surface area contributed by atoms with Crippen LogP contribution in [0.25, 0.3) is 0 Å². The molecular formula is C57H90O6. The average Bonchev–Trinajstić information content (AvgIpc) is 3.28. The molecule has 0 bridgehead atoms. The Morgan fingerprint density at radius 1 is 0.333 bits per heavy atom. The Balaban J connectivity index is 4.58. The normalized spacial score (nSPS) is 13.1. The number of esters is 3. The van der Waals surface area contributed by atoms with Crippen LogP contribution in [0.4, 0.5) is 0 Å². The van der Waals surface area contributed by atoms with Gasteiger partial charge in [-0.25, -0.2) is 0 Å². The maximum atomic E-state index is 12.8. The van der Waals surface area contributed by atoms with Gasteiger partial charge in [-0.1, -0.05) is 206 Å². The fourth-order valence-electron chi connectivity index (χ4n) is 6.28. The summed E-state index contributed by atoms with van der Waals surface area (Å²) in [6.45, 7) is 6.28. The van der Waals surface area contributed by atoms with Gasteiger partial charge < -0.3 is 14.2 Å². The molecule has 0 rings (SSSR count). The molecule has 0 unspecified atom stereocenters. The van der Waals surface area contributed by atoms with Crippen molar-refractivity contribution in [3.05, 3.63) is 122 Å². The third-order valence-electron chi connectivity index (χ3n) is 9.96. The average molecular weight is 871 g/mol. The Kier molecular flexibility index (Phi) is 47.1. The summed E-state index contributed by atoms with van der Waals surface area (Å²) in [5.41, 5.74) is 0. The van der Waals surface area contributed by atoms with E-state index < -0.39 is 6.10 Å². The highest BCUT2D eigenvalue weighted by atomic mass is 16.6. The van der Waals surface area contributed by atoms with Gasteiger partial charge in [0, 0.05) is 19.3 Å². The van der Waals surface area contributed by atoms with Crippen LogP contribution in [0.2, 0.25) is 0 Å². The fourth-order valence-corrected chi connectivity index (χ4v) is 6.28. The fraction of sp³-hybridized carbons (Fsp3) is 0.596. The van der Waals surface area contributed by atoms with Crippen molar-refractivity contribution in [2.75, 3.05) is 13.2 Å². The molecule has 0 aromatic rings.